The quantitative estimate of drug-likeness (QED) is 0.702. The molecule has 0 atom stereocenters. The van der Waals surface area contributed by atoms with E-state index in [0.717, 1.165) is 18.4 Å². The minimum atomic E-state index is -3.59. The van der Waals surface area contributed by atoms with Gasteiger partial charge in [-0.15, -0.1) is 0 Å². The highest BCUT2D eigenvalue weighted by Crippen LogP contribution is 2.32. The minimum Gasteiger partial charge on any atom is -0.366 e. The van der Waals surface area contributed by atoms with E-state index in [-0.39, 0.29) is 22.8 Å². The largest absolute Gasteiger partial charge is 0.366 e. The highest BCUT2D eigenvalue weighted by molar-refractivity contribution is 7.89. The zero-order chi connectivity index (χ0) is 22.0. The molecule has 0 spiro atoms. The Morgan fingerprint density at radius 3 is 2.29 bits per heavy atom. The van der Waals surface area contributed by atoms with Crippen LogP contribution in [0.5, 0.6) is 0 Å². The zero-order valence-corrected chi connectivity index (χ0v) is 18.0. The number of nitrogens with two attached hydrogens (primary N) is 1. The van der Waals surface area contributed by atoms with Crippen LogP contribution in [0.2, 0.25) is 0 Å². The summed E-state index contributed by atoms with van der Waals surface area (Å²) in [5.74, 6) is -0.583. The molecule has 2 aromatic rings. The lowest BCUT2D eigenvalue weighted by Crippen LogP contribution is -2.44. The molecular weight excluding hydrogens is 416 g/mol. The van der Waals surface area contributed by atoms with Crippen LogP contribution >= 0.6 is 0 Å². The Kier molecular flexibility index (Phi) is 6.06. The van der Waals surface area contributed by atoms with Crippen molar-refractivity contribution in [3.05, 3.63) is 59.9 Å². The van der Waals surface area contributed by atoms with Crippen LogP contribution in [0.1, 0.15) is 41.6 Å². The molecule has 8 nitrogen and oxygen atoms in total. The Morgan fingerprint density at radius 2 is 1.74 bits per heavy atom. The van der Waals surface area contributed by atoms with E-state index in [0.29, 0.717) is 38.0 Å². The molecule has 0 bridgehead atoms. The Morgan fingerprint density at radius 1 is 1.06 bits per heavy atom. The van der Waals surface area contributed by atoms with Gasteiger partial charge in [-0.25, -0.2) is 8.42 Å². The number of piperidine rings is 1. The Balaban J connectivity index is 1.40. The third-order valence-corrected chi connectivity index (χ3v) is 7.82. The number of aromatic nitrogens is 1. The molecule has 2 amide bonds. The smallest absolute Gasteiger partial charge is 0.248 e. The standard InChI is InChI=1S/C22H26N4O4S/c23-21(27)17-5-3-16(4-6-17)15-26(19-7-8-19)22(28)18-9-12-25(13-10-18)31(29,30)20-2-1-11-24-14-20/h1-6,11,14,18-19H,7-10,12-13,15H2,(H2,23,27). The number of nitrogens with zero attached hydrogens (tertiary/aromatic N) is 3. The third kappa shape index (κ3) is 4.77. The van der Waals surface area contributed by atoms with Crippen molar-refractivity contribution in [3.8, 4) is 0 Å². The van der Waals surface area contributed by atoms with E-state index < -0.39 is 15.9 Å². The van der Waals surface area contributed by atoms with Gasteiger partial charge in [0.05, 0.1) is 0 Å². The van der Waals surface area contributed by atoms with Crippen LogP contribution in [-0.2, 0) is 21.4 Å². The number of hydrogen-bond donors (Lipinski definition) is 1. The van der Waals surface area contributed by atoms with E-state index in [1.807, 2.05) is 17.0 Å². The Labute approximate surface area is 182 Å². The fourth-order valence-electron chi connectivity index (χ4n) is 3.97. The lowest BCUT2D eigenvalue weighted by Gasteiger charge is -2.34. The van der Waals surface area contributed by atoms with Crippen LogP contribution in [0.25, 0.3) is 0 Å². The van der Waals surface area contributed by atoms with Crippen LogP contribution in [0, 0.1) is 5.92 Å². The molecule has 2 aliphatic rings. The van der Waals surface area contributed by atoms with Gasteiger partial charge in [0, 0.05) is 49.6 Å². The van der Waals surface area contributed by atoms with E-state index in [1.54, 1.807) is 18.2 Å². The van der Waals surface area contributed by atoms with Crippen LogP contribution in [0.15, 0.2) is 53.7 Å². The molecular formula is C22H26N4O4S. The van der Waals surface area contributed by atoms with Gasteiger partial charge in [-0.2, -0.15) is 4.31 Å². The average Bonchev–Trinajstić information content (AvgIpc) is 3.63. The van der Waals surface area contributed by atoms with Crippen LogP contribution < -0.4 is 5.73 Å². The number of carbonyl (C=O) groups is 2. The molecule has 1 aromatic heterocycles. The highest BCUT2D eigenvalue weighted by Gasteiger charge is 2.38. The van der Waals surface area contributed by atoms with Crippen molar-refractivity contribution in [2.45, 2.75) is 43.2 Å². The first kappa shape index (κ1) is 21.5. The molecule has 1 aliphatic carbocycles. The normalized spacial score (nSPS) is 17.9. The maximum absolute atomic E-state index is 13.3. The number of pyridine rings is 1. The van der Waals surface area contributed by atoms with Crippen molar-refractivity contribution < 1.29 is 18.0 Å². The summed E-state index contributed by atoms with van der Waals surface area (Å²) in [6.07, 6.45) is 5.87. The second kappa shape index (κ2) is 8.76. The number of benzene rings is 1. The van der Waals surface area contributed by atoms with E-state index in [2.05, 4.69) is 4.98 Å². The van der Waals surface area contributed by atoms with Gasteiger partial charge < -0.3 is 10.6 Å². The SMILES string of the molecule is NC(=O)c1ccc(CN(C(=O)C2CCN(S(=O)(=O)c3cccnc3)CC2)C2CC2)cc1. The van der Waals surface area contributed by atoms with Crippen molar-refractivity contribution in [1.29, 1.82) is 0 Å². The average molecular weight is 443 g/mol. The summed E-state index contributed by atoms with van der Waals surface area (Å²) in [7, 11) is -3.59. The molecule has 1 saturated carbocycles. The van der Waals surface area contributed by atoms with Gasteiger partial charge in [0.25, 0.3) is 0 Å². The van der Waals surface area contributed by atoms with Crippen molar-refractivity contribution in [1.82, 2.24) is 14.2 Å². The summed E-state index contributed by atoms with van der Waals surface area (Å²) in [5, 5.41) is 0. The van der Waals surface area contributed by atoms with Crippen molar-refractivity contribution in [2.24, 2.45) is 11.7 Å². The van der Waals surface area contributed by atoms with E-state index >= 15 is 0 Å². The van der Waals surface area contributed by atoms with Gasteiger partial charge in [0.15, 0.2) is 0 Å². The first-order valence-corrected chi connectivity index (χ1v) is 11.9. The van der Waals surface area contributed by atoms with E-state index in [9.17, 15) is 18.0 Å². The molecule has 9 heteroatoms. The van der Waals surface area contributed by atoms with Crippen LogP contribution in [0.3, 0.4) is 0 Å². The summed E-state index contributed by atoms with van der Waals surface area (Å²) in [6.45, 7) is 1.12. The van der Waals surface area contributed by atoms with E-state index in [1.165, 1.54) is 22.8 Å². The second-order valence-corrected chi connectivity index (χ2v) is 10.1. The van der Waals surface area contributed by atoms with E-state index in [4.69, 9.17) is 5.73 Å². The molecule has 2 fully saturated rings. The third-order valence-electron chi connectivity index (χ3n) is 5.94. The molecule has 1 saturated heterocycles. The van der Waals surface area contributed by atoms with Gasteiger partial charge in [-0.3, -0.25) is 14.6 Å². The Bertz CT molecular complexity index is 1040. The summed E-state index contributed by atoms with van der Waals surface area (Å²) >= 11 is 0. The van der Waals surface area contributed by atoms with Gasteiger partial charge in [0.1, 0.15) is 4.90 Å². The number of amides is 2. The number of hydrogen-bond acceptors (Lipinski definition) is 5. The molecule has 164 valence electrons. The summed E-state index contributed by atoms with van der Waals surface area (Å²) in [4.78, 5) is 30.5. The predicted molar refractivity (Wildman–Crippen MR) is 114 cm³/mol. The van der Waals surface area contributed by atoms with Gasteiger partial charge in [-0.1, -0.05) is 12.1 Å². The van der Waals surface area contributed by atoms with Crippen molar-refractivity contribution in [3.63, 3.8) is 0 Å². The lowest BCUT2D eigenvalue weighted by atomic mass is 9.96. The molecule has 0 unspecified atom stereocenters. The molecule has 1 aliphatic heterocycles. The molecule has 2 heterocycles. The van der Waals surface area contributed by atoms with Crippen molar-refractivity contribution in [2.75, 3.05) is 13.1 Å². The Hall–Kier alpha value is -2.78. The second-order valence-electron chi connectivity index (χ2n) is 8.13. The number of carbonyl (C=O) groups excluding carboxylic acids is 2. The fourth-order valence-corrected chi connectivity index (χ4v) is 5.40. The highest BCUT2D eigenvalue weighted by atomic mass is 32.2. The van der Waals surface area contributed by atoms with Crippen LogP contribution in [0.4, 0.5) is 0 Å². The number of primary amides is 1. The first-order chi connectivity index (χ1) is 14.9. The van der Waals surface area contributed by atoms with Gasteiger partial charge >= 0.3 is 0 Å². The number of rotatable bonds is 7. The van der Waals surface area contributed by atoms with Gasteiger partial charge in [-0.05, 0) is 55.5 Å². The summed E-state index contributed by atoms with van der Waals surface area (Å²) in [6, 6.07) is 10.4. The number of sulfonamides is 1. The topological polar surface area (TPSA) is 114 Å². The monoisotopic (exact) mass is 442 g/mol. The predicted octanol–water partition coefficient (Wildman–Crippen LogP) is 1.77. The molecule has 2 N–H and O–H groups in total. The zero-order valence-electron chi connectivity index (χ0n) is 17.2. The molecule has 0 radical (unpaired) electrons. The molecule has 31 heavy (non-hydrogen) atoms. The van der Waals surface area contributed by atoms with Crippen LogP contribution in [-0.4, -0.2) is 53.6 Å². The maximum atomic E-state index is 13.3. The molecule has 1 aromatic carbocycles. The lowest BCUT2D eigenvalue weighted by molar-refractivity contribution is -0.138. The minimum absolute atomic E-state index is 0.0832. The maximum Gasteiger partial charge on any atom is 0.248 e. The molecule has 4 rings (SSSR count). The summed E-state index contributed by atoms with van der Waals surface area (Å²) < 4.78 is 27.0. The van der Waals surface area contributed by atoms with Gasteiger partial charge in [0.2, 0.25) is 21.8 Å². The first-order valence-electron chi connectivity index (χ1n) is 10.5. The van der Waals surface area contributed by atoms with Crippen molar-refractivity contribution >= 4 is 21.8 Å². The fraction of sp³-hybridized carbons (Fsp3) is 0.409. The summed E-state index contributed by atoms with van der Waals surface area (Å²) in [5.41, 5.74) is 6.68.